The van der Waals surface area contributed by atoms with Crippen molar-refractivity contribution in [2.24, 2.45) is 5.92 Å². The van der Waals surface area contributed by atoms with Gasteiger partial charge in [-0.2, -0.15) is 0 Å². The third-order valence-corrected chi connectivity index (χ3v) is 4.60. The number of para-hydroxylation sites is 1. The first-order valence-corrected chi connectivity index (χ1v) is 9.07. The molecule has 1 unspecified atom stereocenters. The van der Waals surface area contributed by atoms with Gasteiger partial charge < -0.3 is 15.4 Å². The molecule has 5 heteroatoms. The van der Waals surface area contributed by atoms with E-state index in [0.717, 1.165) is 42.9 Å². The first-order chi connectivity index (χ1) is 12.3. The Morgan fingerprint density at radius 2 is 1.88 bits per heavy atom. The summed E-state index contributed by atoms with van der Waals surface area (Å²) in [6.07, 6.45) is 3.52. The van der Waals surface area contributed by atoms with Gasteiger partial charge in [-0.25, -0.2) is 0 Å². The lowest BCUT2D eigenvalue weighted by Crippen LogP contribution is -2.34. The fraction of sp³-hybridized carbons (Fsp3) is 0.381. The maximum Gasteiger partial charge on any atom is 0.257 e. The monoisotopic (exact) mass is 374 g/mol. The average molecular weight is 375 g/mol. The molecule has 3 rings (SSSR count). The summed E-state index contributed by atoms with van der Waals surface area (Å²) < 4.78 is 5.77. The van der Waals surface area contributed by atoms with Crippen LogP contribution in [0.2, 0.25) is 0 Å². The van der Waals surface area contributed by atoms with E-state index < -0.39 is 0 Å². The lowest BCUT2D eigenvalue weighted by molar-refractivity contribution is -0.123. The van der Waals surface area contributed by atoms with Gasteiger partial charge in [0.2, 0.25) is 0 Å². The SMILES string of the molecule is Cl.O=C(COc1ccccc1-c1ccccc1)NCCC1CCCNC1. The highest BCUT2D eigenvalue weighted by atomic mass is 35.5. The van der Waals surface area contributed by atoms with Crippen molar-refractivity contribution in [3.63, 3.8) is 0 Å². The zero-order valence-electron chi connectivity index (χ0n) is 14.9. The van der Waals surface area contributed by atoms with E-state index in [9.17, 15) is 4.79 Å². The molecule has 1 heterocycles. The van der Waals surface area contributed by atoms with Gasteiger partial charge in [-0.05, 0) is 49.9 Å². The highest BCUT2D eigenvalue weighted by molar-refractivity contribution is 5.85. The van der Waals surface area contributed by atoms with Crippen LogP contribution in [0.25, 0.3) is 11.1 Å². The standard InChI is InChI=1S/C21H26N2O2.ClH/c24-21(23-14-12-17-7-6-13-22-15-17)16-25-20-11-5-4-10-19(20)18-8-2-1-3-9-18;/h1-5,8-11,17,22H,6-7,12-16H2,(H,23,24);1H. The largest absolute Gasteiger partial charge is 0.483 e. The molecule has 0 saturated carbocycles. The van der Waals surface area contributed by atoms with Crippen molar-refractivity contribution in [1.29, 1.82) is 0 Å². The summed E-state index contributed by atoms with van der Waals surface area (Å²) >= 11 is 0. The van der Waals surface area contributed by atoms with Crippen LogP contribution < -0.4 is 15.4 Å². The van der Waals surface area contributed by atoms with Crippen LogP contribution in [0, 0.1) is 5.92 Å². The number of nitrogens with one attached hydrogen (secondary N) is 2. The van der Waals surface area contributed by atoms with Gasteiger partial charge in [-0.15, -0.1) is 12.4 Å². The molecular formula is C21H27ClN2O2. The minimum Gasteiger partial charge on any atom is -0.483 e. The highest BCUT2D eigenvalue weighted by Crippen LogP contribution is 2.29. The van der Waals surface area contributed by atoms with Gasteiger partial charge in [-0.3, -0.25) is 4.79 Å². The minimum absolute atomic E-state index is 0. The summed E-state index contributed by atoms with van der Waals surface area (Å²) in [5.41, 5.74) is 2.09. The summed E-state index contributed by atoms with van der Waals surface area (Å²) in [5.74, 6) is 1.35. The highest BCUT2D eigenvalue weighted by Gasteiger charge is 2.13. The Morgan fingerprint density at radius 1 is 1.12 bits per heavy atom. The van der Waals surface area contributed by atoms with Crippen LogP contribution in [0.15, 0.2) is 54.6 Å². The number of hydrogen-bond donors (Lipinski definition) is 2. The van der Waals surface area contributed by atoms with Gasteiger partial charge in [-0.1, -0.05) is 48.5 Å². The molecule has 0 bridgehead atoms. The van der Waals surface area contributed by atoms with Crippen LogP contribution in [0.3, 0.4) is 0 Å². The number of benzene rings is 2. The Hall–Kier alpha value is -2.04. The zero-order chi connectivity index (χ0) is 17.3. The summed E-state index contributed by atoms with van der Waals surface area (Å²) in [6.45, 7) is 2.95. The predicted molar refractivity (Wildman–Crippen MR) is 108 cm³/mol. The van der Waals surface area contributed by atoms with Crippen molar-refractivity contribution in [2.75, 3.05) is 26.2 Å². The lowest BCUT2D eigenvalue weighted by atomic mass is 9.96. The second-order valence-corrected chi connectivity index (χ2v) is 6.50. The molecule has 0 spiro atoms. The first kappa shape index (κ1) is 20.3. The number of amides is 1. The van der Waals surface area contributed by atoms with E-state index in [2.05, 4.69) is 10.6 Å². The molecule has 1 aliphatic rings. The van der Waals surface area contributed by atoms with Gasteiger partial charge in [0.1, 0.15) is 5.75 Å². The molecule has 2 aromatic carbocycles. The maximum atomic E-state index is 12.1. The Bertz CT molecular complexity index is 673. The summed E-state index contributed by atoms with van der Waals surface area (Å²) in [4.78, 5) is 12.1. The molecule has 2 N–H and O–H groups in total. The molecule has 2 aromatic rings. The van der Waals surface area contributed by atoms with Gasteiger partial charge in [0.25, 0.3) is 5.91 Å². The van der Waals surface area contributed by atoms with Crippen LogP contribution in [-0.2, 0) is 4.79 Å². The summed E-state index contributed by atoms with van der Waals surface area (Å²) in [5, 5.41) is 6.37. The second kappa shape index (κ2) is 10.8. The Kier molecular flexibility index (Phi) is 8.45. The molecule has 0 aliphatic carbocycles. The Labute approximate surface area is 161 Å². The minimum atomic E-state index is -0.0633. The van der Waals surface area contributed by atoms with Gasteiger partial charge in [0.05, 0.1) is 0 Å². The number of carbonyl (C=O) groups is 1. The molecule has 1 fully saturated rings. The molecule has 1 amide bonds. The van der Waals surface area contributed by atoms with Crippen LogP contribution >= 0.6 is 12.4 Å². The fourth-order valence-corrected chi connectivity index (χ4v) is 3.23. The molecule has 0 aromatic heterocycles. The Morgan fingerprint density at radius 3 is 2.65 bits per heavy atom. The van der Waals surface area contributed by atoms with E-state index in [1.165, 1.54) is 12.8 Å². The van der Waals surface area contributed by atoms with Gasteiger partial charge in [0.15, 0.2) is 6.61 Å². The van der Waals surface area contributed by atoms with E-state index in [1.54, 1.807) is 0 Å². The molecule has 1 atom stereocenters. The maximum absolute atomic E-state index is 12.1. The molecule has 1 aliphatic heterocycles. The molecule has 26 heavy (non-hydrogen) atoms. The van der Waals surface area contributed by atoms with Crippen LogP contribution in [-0.4, -0.2) is 32.1 Å². The molecule has 0 radical (unpaired) electrons. The zero-order valence-corrected chi connectivity index (χ0v) is 15.8. The number of rotatable bonds is 7. The molecule has 4 nitrogen and oxygen atoms in total. The van der Waals surface area contributed by atoms with Gasteiger partial charge >= 0.3 is 0 Å². The van der Waals surface area contributed by atoms with Crippen molar-refractivity contribution in [3.8, 4) is 16.9 Å². The molecule has 140 valence electrons. The van der Waals surface area contributed by atoms with Gasteiger partial charge in [0, 0.05) is 12.1 Å². The number of ether oxygens (including phenoxy) is 1. The fourth-order valence-electron chi connectivity index (χ4n) is 3.23. The van der Waals surface area contributed by atoms with Crippen LogP contribution in [0.1, 0.15) is 19.3 Å². The van der Waals surface area contributed by atoms with E-state index >= 15 is 0 Å². The number of piperidine rings is 1. The van der Waals surface area contributed by atoms with Crippen LogP contribution in [0.5, 0.6) is 5.75 Å². The topological polar surface area (TPSA) is 50.4 Å². The number of halogens is 1. The first-order valence-electron chi connectivity index (χ1n) is 9.07. The van der Waals surface area contributed by atoms with Crippen molar-refractivity contribution >= 4 is 18.3 Å². The van der Waals surface area contributed by atoms with E-state index in [-0.39, 0.29) is 24.9 Å². The summed E-state index contributed by atoms with van der Waals surface area (Å²) in [6, 6.07) is 17.9. The lowest BCUT2D eigenvalue weighted by Gasteiger charge is -2.22. The third-order valence-electron chi connectivity index (χ3n) is 4.60. The Balaban J connectivity index is 0.00000243. The second-order valence-electron chi connectivity index (χ2n) is 6.50. The van der Waals surface area contributed by atoms with E-state index in [1.807, 2.05) is 54.6 Å². The summed E-state index contributed by atoms with van der Waals surface area (Å²) in [7, 11) is 0. The van der Waals surface area contributed by atoms with E-state index in [0.29, 0.717) is 5.92 Å². The van der Waals surface area contributed by atoms with Crippen molar-refractivity contribution in [2.45, 2.75) is 19.3 Å². The third kappa shape index (κ3) is 6.04. The van der Waals surface area contributed by atoms with E-state index in [4.69, 9.17) is 4.74 Å². The van der Waals surface area contributed by atoms with Crippen molar-refractivity contribution < 1.29 is 9.53 Å². The average Bonchev–Trinajstić information content (AvgIpc) is 2.68. The molecular weight excluding hydrogens is 348 g/mol. The number of carbonyl (C=O) groups excluding carboxylic acids is 1. The number of hydrogen-bond acceptors (Lipinski definition) is 3. The van der Waals surface area contributed by atoms with Crippen molar-refractivity contribution in [3.05, 3.63) is 54.6 Å². The van der Waals surface area contributed by atoms with Crippen LogP contribution in [0.4, 0.5) is 0 Å². The smallest absolute Gasteiger partial charge is 0.257 e. The molecule has 1 saturated heterocycles. The predicted octanol–water partition coefficient (Wildman–Crippen LogP) is 3.66. The quantitative estimate of drug-likeness (QED) is 0.777. The normalized spacial score (nSPS) is 16.4. The van der Waals surface area contributed by atoms with Crippen molar-refractivity contribution in [1.82, 2.24) is 10.6 Å².